The van der Waals surface area contributed by atoms with Crippen LogP contribution in [0.5, 0.6) is 0 Å². The van der Waals surface area contributed by atoms with Gasteiger partial charge in [0.15, 0.2) is 0 Å². The van der Waals surface area contributed by atoms with Crippen molar-refractivity contribution in [2.24, 2.45) is 5.92 Å². The lowest BCUT2D eigenvalue weighted by Crippen LogP contribution is -2.51. The van der Waals surface area contributed by atoms with Crippen LogP contribution in [0.3, 0.4) is 0 Å². The van der Waals surface area contributed by atoms with Crippen LogP contribution in [-0.4, -0.2) is 35.2 Å². The second-order valence-corrected chi connectivity index (χ2v) is 7.98. The van der Waals surface area contributed by atoms with Crippen molar-refractivity contribution in [2.45, 2.75) is 44.6 Å². The van der Waals surface area contributed by atoms with Gasteiger partial charge in [0.1, 0.15) is 6.04 Å². The number of hydrogen-bond donors (Lipinski definition) is 1. The van der Waals surface area contributed by atoms with E-state index in [0.29, 0.717) is 30.0 Å². The molecule has 1 atom stereocenters. The molecule has 0 unspecified atom stereocenters. The molecule has 150 valence electrons. The monoisotopic (exact) mass is 390 g/mol. The van der Waals surface area contributed by atoms with Crippen LogP contribution in [0.25, 0.3) is 0 Å². The SMILES string of the molecule is O=C(NCC1CCCCC1)[C@H](Cc1ccccc1)N1C(=O)c2ccccc2C1=O. The minimum absolute atomic E-state index is 0.256. The van der Waals surface area contributed by atoms with Gasteiger partial charge < -0.3 is 5.32 Å². The molecule has 3 amide bonds. The van der Waals surface area contributed by atoms with Crippen LogP contribution >= 0.6 is 0 Å². The van der Waals surface area contributed by atoms with E-state index >= 15 is 0 Å². The van der Waals surface area contributed by atoms with Gasteiger partial charge in [0.05, 0.1) is 11.1 Å². The molecule has 5 nitrogen and oxygen atoms in total. The molecule has 2 aromatic rings. The first-order chi connectivity index (χ1) is 14.1. The van der Waals surface area contributed by atoms with E-state index in [0.717, 1.165) is 23.3 Å². The van der Waals surface area contributed by atoms with Crippen molar-refractivity contribution in [3.05, 3.63) is 71.3 Å². The molecule has 29 heavy (non-hydrogen) atoms. The Kier molecular flexibility index (Phi) is 5.74. The zero-order valence-electron chi connectivity index (χ0n) is 16.5. The van der Waals surface area contributed by atoms with Gasteiger partial charge in [-0.25, -0.2) is 0 Å². The van der Waals surface area contributed by atoms with E-state index in [2.05, 4.69) is 5.32 Å². The summed E-state index contributed by atoms with van der Waals surface area (Å²) < 4.78 is 0. The first-order valence-electron chi connectivity index (χ1n) is 10.4. The number of nitrogens with one attached hydrogen (secondary N) is 1. The summed E-state index contributed by atoms with van der Waals surface area (Å²) in [5.41, 5.74) is 1.66. The molecule has 0 bridgehead atoms. The Morgan fingerprint density at radius 1 is 0.897 bits per heavy atom. The Morgan fingerprint density at radius 2 is 1.48 bits per heavy atom. The largest absolute Gasteiger partial charge is 0.354 e. The Hall–Kier alpha value is -2.95. The van der Waals surface area contributed by atoms with Gasteiger partial charge in [0.25, 0.3) is 11.8 Å². The number of benzene rings is 2. The summed E-state index contributed by atoms with van der Waals surface area (Å²) in [5.74, 6) is -0.556. The third-order valence-corrected chi connectivity index (χ3v) is 6.00. The summed E-state index contributed by atoms with van der Waals surface area (Å²) in [4.78, 5) is 40.3. The number of fused-ring (bicyclic) bond motifs is 1. The molecule has 2 aromatic carbocycles. The summed E-state index contributed by atoms with van der Waals surface area (Å²) in [5, 5.41) is 3.03. The average molecular weight is 390 g/mol. The van der Waals surface area contributed by atoms with Crippen LogP contribution < -0.4 is 5.32 Å². The maximum atomic E-state index is 13.2. The minimum atomic E-state index is -0.853. The molecule has 1 N–H and O–H groups in total. The number of nitrogens with zero attached hydrogens (tertiary/aromatic N) is 1. The predicted octanol–water partition coefficient (Wildman–Crippen LogP) is 3.59. The van der Waals surface area contributed by atoms with Crippen LogP contribution in [-0.2, 0) is 11.2 Å². The van der Waals surface area contributed by atoms with E-state index in [1.807, 2.05) is 30.3 Å². The molecule has 0 spiro atoms. The van der Waals surface area contributed by atoms with Crippen molar-refractivity contribution in [1.29, 1.82) is 0 Å². The van der Waals surface area contributed by atoms with Gasteiger partial charge in [-0.2, -0.15) is 0 Å². The smallest absolute Gasteiger partial charge is 0.262 e. The number of hydrogen-bond acceptors (Lipinski definition) is 3. The van der Waals surface area contributed by atoms with Gasteiger partial charge in [0, 0.05) is 13.0 Å². The highest BCUT2D eigenvalue weighted by Crippen LogP contribution is 2.27. The van der Waals surface area contributed by atoms with Crippen LogP contribution in [0.2, 0.25) is 0 Å². The van der Waals surface area contributed by atoms with Crippen molar-refractivity contribution >= 4 is 17.7 Å². The molecule has 5 heteroatoms. The minimum Gasteiger partial charge on any atom is -0.354 e. The maximum Gasteiger partial charge on any atom is 0.262 e. The summed E-state index contributed by atoms with van der Waals surface area (Å²) in [6.45, 7) is 0.604. The maximum absolute atomic E-state index is 13.2. The molecule has 0 aromatic heterocycles. The van der Waals surface area contributed by atoms with E-state index in [9.17, 15) is 14.4 Å². The zero-order valence-corrected chi connectivity index (χ0v) is 16.5. The lowest BCUT2D eigenvalue weighted by Gasteiger charge is -2.27. The molecule has 4 rings (SSSR count). The second kappa shape index (κ2) is 8.60. The van der Waals surface area contributed by atoms with E-state index in [1.54, 1.807) is 24.3 Å². The number of amides is 3. The van der Waals surface area contributed by atoms with Gasteiger partial charge in [-0.1, -0.05) is 61.7 Å². The predicted molar refractivity (Wildman–Crippen MR) is 110 cm³/mol. The molecule has 0 radical (unpaired) electrons. The van der Waals surface area contributed by atoms with Crippen LogP contribution in [0.4, 0.5) is 0 Å². The number of carbonyl (C=O) groups excluding carboxylic acids is 3. The van der Waals surface area contributed by atoms with Crippen molar-refractivity contribution in [2.75, 3.05) is 6.54 Å². The standard InChI is InChI=1S/C24H26N2O3/c27-22(25-16-18-11-5-2-6-12-18)21(15-17-9-3-1-4-10-17)26-23(28)19-13-7-8-14-20(19)24(26)29/h1,3-4,7-10,13-14,18,21H,2,5-6,11-12,15-16H2,(H,25,27)/t21-/m0/s1. The fourth-order valence-electron chi connectivity index (χ4n) is 4.38. The molecule has 1 aliphatic carbocycles. The number of carbonyl (C=O) groups is 3. The normalized spacial score (nSPS) is 17.9. The average Bonchev–Trinajstić information content (AvgIpc) is 3.02. The third-order valence-electron chi connectivity index (χ3n) is 6.00. The van der Waals surface area contributed by atoms with Crippen LogP contribution in [0.1, 0.15) is 58.4 Å². The molecule has 1 saturated carbocycles. The second-order valence-electron chi connectivity index (χ2n) is 7.98. The van der Waals surface area contributed by atoms with Gasteiger partial charge in [-0.3, -0.25) is 19.3 Å². The summed E-state index contributed by atoms with van der Waals surface area (Å²) in [6.07, 6.45) is 6.21. The van der Waals surface area contributed by atoms with Crippen molar-refractivity contribution < 1.29 is 14.4 Å². The summed E-state index contributed by atoms with van der Waals surface area (Å²) in [6, 6.07) is 15.5. The highest BCUT2D eigenvalue weighted by atomic mass is 16.2. The topological polar surface area (TPSA) is 66.5 Å². The van der Waals surface area contributed by atoms with Gasteiger partial charge >= 0.3 is 0 Å². The molecule has 0 saturated heterocycles. The van der Waals surface area contributed by atoms with E-state index < -0.39 is 6.04 Å². The van der Waals surface area contributed by atoms with E-state index in [-0.39, 0.29) is 17.7 Å². The molecular formula is C24H26N2O3. The van der Waals surface area contributed by atoms with Crippen molar-refractivity contribution in [3.63, 3.8) is 0 Å². The van der Waals surface area contributed by atoms with Crippen LogP contribution in [0.15, 0.2) is 54.6 Å². The third kappa shape index (κ3) is 4.09. The molecule has 1 aliphatic heterocycles. The Morgan fingerprint density at radius 3 is 2.10 bits per heavy atom. The number of rotatable bonds is 6. The molecular weight excluding hydrogens is 364 g/mol. The molecule has 2 aliphatic rings. The van der Waals surface area contributed by atoms with E-state index in [4.69, 9.17) is 0 Å². The Labute approximate surface area is 171 Å². The fraction of sp³-hybridized carbons (Fsp3) is 0.375. The lowest BCUT2D eigenvalue weighted by molar-refractivity contribution is -0.125. The first kappa shape index (κ1) is 19.4. The highest BCUT2D eigenvalue weighted by Gasteiger charge is 2.42. The quantitative estimate of drug-likeness (QED) is 0.767. The van der Waals surface area contributed by atoms with E-state index in [1.165, 1.54) is 19.3 Å². The molecule has 1 fully saturated rings. The highest BCUT2D eigenvalue weighted by molar-refractivity contribution is 6.22. The zero-order chi connectivity index (χ0) is 20.2. The van der Waals surface area contributed by atoms with Crippen molar-refractivity contribution in [3.8, 4) is 0 Å². The summed E-state index contributed by atoms with van der Waals surface area (Å²) in [7, 11) is 0. The first-order valence-corrected chi connectivity index (χ1v) is 10.4. The Bertz CT molecular complexity index is 868. The number of imide groups is 1. The summed E-state index contributed by atoms with van der Waals surface area (Å²) >= 11 is 0. The fourth-order valence-corrected chi connectivity index (χ4v) is 4.38. The van der Waals surface area contributed by atoms with Crippen LogP contribution in [0, 0.1) is 5.92 Å². The lowest BCUT2D eigenvalue weighted by atomic mass is 9.89. The Balaban J connectivity index is 1.56. The van der Waals surface area contributed by atoms with Crippen molar-refractivity contribution in [1.82, 2.24) is 10.2 Å². The van der Waals surface area contributed by atoms with Gasteiger partial charge in [-0.15, -0.1) is 0 Å². The molecule has 1 heterocycles. The van der Waals surface area contributed by atoms with Gasteiger partial charge in [-0.05, 0) is 36.5 Å². The van der Waals surface area contributed by atoms with Gasteiger partial charge in [0.2, 0.25) is 5.91 Å².